The van der Waals surface area contributed by atoms with Gasteiger partial charge in [0.25, 0.3) is 5.56 Å². The van der Waals surface area contributed by atoms with Gasteiger partial charge in [0.2, 0.25) is 6.79 Å². The Morgan fingerprint density at radius 2 is 1.83 bits per heavy atom. The topological polar surface area (TPSA) is 75.8 Å². The highest BCUT2D eigenvalue weighted by molar-refractivity contribution is 7.80. The number of benzene rings is 3. The molecular weight excluding hydrogens is 462 g/mol. The molecule has 3 aromatic carbocycles. The van der Waals surface area contributed by atoms with E-state index in [1.54, 1.807) is 7.11 Å². The lowest BCUT2D eigenvalue weighted by Gasteiger charge is -2.26. The number of thiocarbonyl (C=S) groups is 1. The van der Waals surface area contributed by atoms with Crippen molar-refractivity contribution in [2.45, 2.75) is 20.0 Å². The molecule has 178 valence electrons. The number of rotatable bonds is 6. The second kappa shape index (κ2) is 9.68. The number of aromatic nitrogens is 1. The maximum absolute atomic E-state index is 12.9. The van der Waals surface area contributed by atoms with Crippen molar-refractivity contribution >= 4 is 33.9 Å². The minimum atomic E-state index is -0.133. The lowest BCUT2D eigenvalue weighted by molar-refractivity contribution is 0.174. The van der Waals surface area contributed by atoms with Crippen LogP contribution in [0.3, 0.4) is 0 Å². The van der Waals surface area contributed by atoms with Gasteiger partial charge in [-0.2, -0.15) is 0 Å². The molecule has 1 aromatic heterocycles. The molecule has 0 saturated carbocycles. The van der Waals surface area contributed by atoms with Crippen molar-refractivity contribution in [1.29, 1.82) is 0 Å². The summed E-state index contributed by atoms with van der Waals surface area (Å²) in [6, 6.07) is 21.3. The molecule has 7 nitrogen and oxygen atoms in total. The third-order valence-electron chi connectivity index (χ3n) is 5.88. The minimum absolute atomic E-state index is 0.133. The Labute approximate surface area is 208 Å². The van der Waals surface area contributed by atoms with E-state index in [0.29, 0.717) is 29.5 Å². The summed E-state index contributed by atoms with van der Waals surface area (Å²) >= 11 is 5.79. The van der Waals surface area contributed by atoms with Crippen molar-refractivity contribution in [2.24, 2.45) is 0 Å². The maximum atomic E-state index is 12.9. The van der Waals surface area contributed by atoms with Gasteiger partial charge < -0.3 is 29.4 Å². The highest BCUT2D eigenvalue weighted by Gasteiger charge is 2.18. The third-order valence-corrected chi connectivity index (χ3v) is 6.24. The van der Waals surface area contributed by atoms with Crippen molar-refractivity contribution in [1.82, 2.24) is 9.88 Å². The smallest absolute Gasteiger partial charge is 0.253 e. The van der Waals surface area contributed by atoms with Gasteiger partial charge in [0, 0.05) is 23.3 Å². The monoisotopic (exact) mass is 487 g/mol. The zero-order valence-corrected chi connectivity index (χ0v) is 20.3. The van der Waals surface area contributed by atoms with Crippen LogP contribution in [0.1, 0.15) is 16.7 Å². The van der Waals surface area contributed by atoms with E-state index in [1.807, 2.05) is 78.6 Å². The van der Waals surface area contributed by atoms with Crippen molar-refractivity contribution in [3.05, 3.63) is 93.8 Å². The SMILES string of the molecule is COc1ccc(NC(=S)N(Cc2ccc3c(c2)OCO3)Cc2cc3ccc(C)cc3[nH]c2=O)cc1. The molecule has 0 bridgehead atoms. The average molecular weight is 488 g/mol. The summed E-state index contributed by atoms with van der Waals surface area (Å²) in [4.78, 5) is 17.9. The first kappa shape index (κ1) is 22.7. The van der Waals surface area contributed by atoms with Crippen molar-refractivity contribution in [2.75, 3.05) is 19.2 Å². The van der Waals surface area contributed by atoms with Gasteiger partial charge in [0.1, 0.15) is 5.75 Å². The van der Waals surface area contributed by atoms with Gasteiger partial charge >= 0.3 is 0 Å². The predicted molar refractivity (Wildman–Crippen MR) is 140 cm³/mol. The first-order valence-corrected chi connectivity index (χ1v) is 11.6. The van der Waals surface area contributed by atoms with E-state index >= 15 is 0 Å². The van der Waals surface area contributed by atoms with Crippen molar-refractivity contribution < 1.29 is 14.2 Å². The predicted octanol–water partition coefficient (Wildman–Crippen LogP) is 4.97. The molecule has 0 unspecified atom stereocenters. The first-order chi connectivity index (χ1) is 17.0. The molecule has 8 heteroatoms. The van der Waals surface area contributed by atoms with E-state index < -0.39 is 0 Å². The number of pyridine rings is 1. The standard InChI is InChI=1S/C27H25N3O4S/c1-17-3-5-19-13-20(26(31)29-23(19)11-17)15-30(14-18-4-10-24-25(12-18)34-16-33-24)27(35)28-21-6-8-22(32-2)9-7-21/h3-13H,14-16H2,1-2H3,(H,28,35)(H,29,31). The summed E-state index contributed by atoms with van der Waals surface area (Å²) < 4.78 is 16.2. The summed E-state index contributed by atoms with van der Waals surface area (Å²) in [5.74, 6) is 2.19. The lowest BCUT2D eigenvalue weighted by Crippen LogP contribution is -2.35. The van der Waals surface area contributed by atoms with Crippen LogP contribution in [0, 0.1) is 6.92 Å². The average Bonchev–Trinajstić information content (AvgIpc) is 3.32. The Bertz CT molecular complexity index is 1450. The normalized spacial score (nSPS) is 11.9. The van der Waals surface area contributed by atoms with Gasteiger partial charge in [-0.05, 0) is 84.2 Å². The number of H-pyrrole nitrogens is 1. The molecule has 2 heterocycles. The molecule has 0 saturated heterocycles. The molecule has 4 aromatic rings. The van der Waals surface area contributed by atoms with Crippen LogP contribution in [0.4, 0.5) is 5.69 Å². The molecule has 0 amide bonds. The summed E-state index contributed by atoms with van der Waals surface area (Å²) in [7, 11) is 1.63. The van der Waals surface area contributed by atoms with E-state index in [-0.39, 0.29) is 12.4 Å². The lowest BCUT2D eigenvalue weighted by atomic mass is 10.1. The summed E-state index contributed by atoms with van der Waals surface area (Å²) in [5, 5.41) is 4.75. The fourth-order valence-corrected chi connectivity index (χ4v) is 4.27. The Hall–Kier alpha value is -4.04. The number of hydrogen-bond acceptors (Lipinski definition) is 5. The van der Waals surface area contributed by atoms with Gasteiger partial charge in [-0.25, -0.2) is 0 Å². The zero-order valence-electron chi connectivity index (χ0n) is 19.5. The number of hydrogen-bond donors (Lipinski definition) is 2. The Balaban J connectivity index is 1.44. The number of anilines is 1. The van der Waals surface area contributed by atoms with E-state index in [2.05, 4.69) is 10.3 Å². The van der Waals surface area contributed by atoms with Gasteiger partial charge in [-0.1, -0.05) is 18.2 Å². The molecule has 0 spiro atoms. The zero-order chi connectivity index (χ0) is 24.4. The number of aryl methyl sites for hydroxylation is 1. The Kier molecular flexibility index (Phi) is 6.29. The van der Waals surface area contributed by atoms with Crippen LogP contribution in [0.5, 0.6) is 17.2 Å². The number of nitrogens with zero attached hydrogens (tertiary/aromatic N) is 1. The summed E-state index contributed by atoms with van der Waals surface area (Å²) in [6.07, 6.45) is 0. The quantitative estimate of drug-likeness (QED) is 0.372. The van der Waals surface area contributed by atoms with E-state index in [1.165, 1.54) is 0 Å². The molecule has 0 atom stereocenters. The molecular formula is C27H25N3O4S. The number of aromatic amines is 1. The number of nitrogens with one attached hydrogen (secondary N) is 2. The number of fused-ring (bicyclic) bond motifs is 2. The largest absolute Gasteiger partial charge is 0.497 e. The van der Waals surface area contributed by atoms with Crippen LogP contribution in [0.25, 0.3) is 10.9 Å². The second-order valence-electron chi connectivity index (χ2n) is 8.42. The van der Waals surface area contributed by atoms with Gasteiger partial charge in [-0.3, -0.25) is 4.79 Å². The fourth-order valence-electron chi connectivity index (χ4n) is 4.02. The number of methoxy groups -OCH3 is 1. The highest BCUT2D eigenvalue weighted by atomic mass is 32.1. The fraction of sp³-hybridized carbons (Fsp3) is 0.185. The van der Waals surface area contributed by atoms with Gasteiger partial charge in [0.15, 0.2) is 16.6 Å². The minimum Gasteiger partial charge on any atom is -0.497 e. The summed E-state index contributed by atoms with van der Waals surface area (Å²) in [6.45, 7) is 3.02. The molecule has 0 radical (unpaired) electrons. The Morgan fingerprint density at radius 3 is 2.63 bits per heavy atom. The molecule has 1 aliphatic rings. The molecule has 1 aliphatic heterocycles. The number of ether oxygens (including phenoxy) is 3. The first-order valence-electron chi connectivity index (χ1n) is 11.2. The van der Waals surface area contributed by atoms with Gasteiger partial charge in [-0.15, -0.1) is 0 Å². The van der Waals surface area contributed by atoms with E-state index in [4.69, 9.17) is 26.4 Å². The van der Waals surface area contributed by atoms with Crippen LogP contribution in [0.2, 0.25) is 0 Å². The molecule has 2 N–H and O–H groups in total. The van der Waals surface area contributed by atoms with Crippen LogP contribution in [-0.2, 0) is 13.1 Å². The summed E-state index contributed by atoms with van der Waals surface area (Å²) in [5.41, 5.74) is 4.22. The highest BCUT2D eigenvalue weighted by Crippen LogP contribution is 2.33. The van der Waals surface area contributed by atoms with E-state index in [9.17, 15) is 4.79 Å². The van der Waals surface area contributed by atoms with Crippen molar-refractivity contribution in [3.8, 4) is 17.2 Å². The third kappa shape index (κ3) is 5.07. The van der Waals surface area contributed by atoms with Crippen LogP contribution in [-0.4, -0.2) is 28.9 Å². The Morgan fingerprint density at radius 1 is 1.03 bits per heavy atom. The second-order valence-corrected chi connectivity index (χ2v) is 8.80. The van der Waals surface area contributed by atoms with Crippen LogP contribution >= 0.6 is 12.2 Å². The molecule has 0 fully saturated rings. The van der Waals surface area contributed by atoms with E-state index in [0.717, 1.165) is 39.2 Å². The molecule has 35 heavy (non-hydrogen) atoms. The maximum Gasteiger partial charge on any atom is 0.253 e. The van der Waals surface area contributed by atoms with Gasteiger partial charge in [0.05, 0.1) is 13.7 Å². The molecule has 5 rings (SSSR count). The molecule has 0 aliphatic carbocycles. The van der Waals surface area contributed by atoms with Crippen molar-refractivity contribution in [3.63, 3.8) is 0 Å². The van der Waals surface area contributed by atoms with Crippen LogP contribution in [0.15, 0.2) is 71.5 Å². The van der Waals surface area contributed by atoms with Crippen LogP contribution < -0.4 is 25.1 Å².